The monoisotopic (exact) mass is 310 g/mol. The molecule has 22 heavy (non-hydrogen) atoms. The molecular weight excluding hydrogens is 284 g/mol. The number of carbonyl (C=O) groups excluding carboxylic acids is 2. The Hall–Kier alpha value is -1.56. The minimum absolute atomic E-state index is 0.120. The standard InChI is InChI=1S/C16H26N2O4/c1-6-10-8-16(10,5)17-13(20)12-7-11(19)9-18(12)14(21)22-15(2,3)4/h6,10-12,19H,1,7-9H2,2-5H3,(H,17,20)/t10-,11-,12+,16-/m1/s1. The average molecular weight is 310 g/mol. The lowest BCUT2D eigenvalue weighted by Gasteiger charge is -2.28. The molecule has 1 saturated carbocycles. The van der Waals surface area contributed by atoms with Crippen LogP contribution >= 0.6 is 0 Å². The van der Waals surface area contributed by atoms with E-state index in [1.165, 1.54) is 4.90 Å². The number of aliphatic hydroxyl groups excluding tert-OH is 1. The highest BCUT2D eigenvalue weighted by Gasteiger charge is 2.51. The van der Waals surface area contributed by atoms with Gasteiger partial charge in [-0.2, -0.15) is 0 Å². The topological polar surface area (TPSA) is 78.9 Å². The predicted molar refractivity (Wildman–Crippen MR) is 82.2 cm³/mol. The molecule has 6 heteroatoms. The van der Waals surface area contributed by atoms with Gasteiger partial charge in [-0.15, -0.1) is 6.58 Å². The molecule has 2 amide bonds. The molecule has 1 aliphatic carbocycles. The largest absolute Gasteiger partial charge is 0.444 e. The Morgan fingerprint density at radius 2 is 2.09 bits per heavy atom. The lowest BCUT2D eigenvalue weighted by molar-refractivity contribution is -0.126. The van der Waals surface area contributed by atoms with Crippen LogP contribution in [0.25, 0.3) is 0 Å². The van der Waals surface area contributed by atoms with Crippen LogP contribution in [0.3, 0.4) is 0 Å². The van der Waals surface area contributed by atoms with Crippen LogP contribution in [0, 0.1) is 5.92 Å². The maximum absolute atomic E-state index is 12.5. The number of nitrogens with one attached hydrogen (secondary N) is 1. The van der Waals surface area contributed by atoms with Crippen LogP contribution in [0.15, 0.2) is 12.7 Å². The van der Waals surface area contributed by atoms with Gasteiger partial charge < -0.3 is 15.2 Å². The Bertz CT molecular complexity index is 485. The van der Waals surface area contributed by atoms with Crippen molar-refractivity contribution in [3.05, 3.63) is 12.7 Å². The first-order chi connectivity index (χ1) is 10.1. The van der Waals surface area contributed by atoms with Crippen molar-refractivity contribution in [2.24, 2.45) is 5.92 Å². The fourth-order valence-electron chi connectivity index (χ4n) is 2.83. The molecular formula is C16H26N2O4. The third-order valence-corrected chi connectivity index (χ3v) is 4.21. The number of hydrogen-bond donors (Lipinski definition) is 2. The molecule has 0 aromatic heterocycles. The van der Waals surface area contributed by atoms with E-state index >= 15 is 0 Å². The SMILES string of the molecule is C=C[C@@H]1C[C@@]1(C)NC(=O)[C@@H]1C[C@@H](O)CN1C(=O)OC(C)(C)C. The van der Waals surface area contributed by atoms with Gasteiger partial charge in [0.2, 0.25) is 5.91 Å². The molecule has 0 bridgehead atoms. The van der Waals surface area contributed by atoms with E-state index in [4.69, 9.17) is 4.74 Å². The first kappa shape index (κ1) is 16.8. The van der Waals surface area contributed by atoms with Gasteiger partial charge in [-0.1, -0.05) is 6.08 Å². The van der Waals surface area contributed by atoms with Crippen molar-refractivity contribution in [3.63, 3.8) is 0 Å². The highest BCUT2D eigenvalue weighted by molar-refractivity contribution is 5.87. The molecule has 0 unspecified atom stereocenters. The Kier molecular flexibility index (Phi) is 4.26. The van der Waals surface area contributed by atoms with Crippen LogP contribution in [0.1, 0.15) is 40.5 Å². The number of carbonyl (C=O) groups is 2. The summed E-state index contributed by atoms with van der Waals surface area (Å²) in [5, 5.41) is 12.8. The summed E-state index contributed by atoms with van der Waals surface area (Å²) >= 11 is 0. The zero-order chi connectivity index (χ0) is 16.7. The fraction of sp³-hybridized carbons (Fsp3) is 0.750. The van der Waals surface area contributed by atoms with E-state index in [0.717, 1.165) is 6.42 Å². The maximum atomic E-state index is 12.5. The summed E-state index contributed by atoms with van der Waals surface area (Å²) in [4.78, 5) is 26.0. The van der Waals surface area contributed by atoms with Gasteiger partial charge in [0.05, 0.1) is 12.6 Å². The van der Waals surface area contributed by atoms with E-state index in [1.807, 2.05) is 13.0 Å². The van der Waals surface area contributed by atoms with Gasteiger partial charge in [-0.3, -0.25) is 9.69 Å². The van der Waals surface area contributed by atoms with Crippen molar-refractivity contribution in [3.8, 4) is 0 Å². The normalized spacial score (nSPS) is 34.2. The second kappa shape index (κ2) is 5.57. The summed E-state index contributed by atoms with van der Waals surface area (Å²) in [6.07, 6.45) is 1.65. The Morgan fingerprint density at radius 3 is 2.59 bits per heavy atom. The molecule has 2 fully saturated rings. The molecule has 0 aromatic carbocycles. The lowest BCUT2D eigenvalue weighted by atomic mass is 10.1. The lowest BCUT2D eigenvalue weighted by Crippen LogP contribution is -2.50. The number of ether oxygens (including phenoxy) is 1. The van der Waals surface area contributed by atoms with Gasteiger partial charge in [0.1, 0.15) is 11.6 Å². The van der Waals surface area contributed by atoms with Gasteiger partial charge >= 0.3 is 6.09 Å². The summed E-state index contributed by atoms with van der Waals surface area (Å²) in [5.74, 6) is 0.0204. The van der Waals surface area contributed by atoms with E-state index < -0.39 is 23.8 Å². The van der Waals surface area contributed by atoms with E-state index in [0.29, 0.717) is 0 Å². The second-order valence-corrected chi connectivity index (χ2v) is 7.49. The molecule has 0 aromatic rings. The third kappa shape index (κ3) is 3.61. The smallest absolute Gasteiger partial charge is 0.411 e. The van der Waals surface area contributed by atoms with E-state index in [9.17, 15) is 14.7 Å². The summed E-state index contributed by atoms with van der Waals surface area (Å²) < 4.78 is 5.32. The number of amides is 2. The van der Waals surface area contributed by atoms with Crippen LogP contribution in [0.2, 0.25) is 0 Å². The molecule has 0 radical (unpaired) electrons. The molecule has 0 spiro atoms. The molecule has 1 heterocycles. The van der Waals surface area contributed by atoms with E-state index in [1.54, 1.807) is 20.8 Å². The van der Waals surface area contributed by atoms with Gasteiger partial charge in [0.15, 0.2) is 0 Å². The highest BCUT2D eigenvalue weighted by Crippen LogP contribution is 2.44. The molecule has 1 saturated heterocycles. The minimum atomic E-state index is -0.703. The van der Waals surface area contributed by atoms with E-state index in [2.05, 4.69) is 11.9 Å². The second-order valence-electron chi connectivity index (χ2n) is 7.49. The summed E-state index contributed by atoms with van der Waals surface area (Å²) in [6.45, 7) is 11.1. The number of β-amino-alcohol motifs (C(OH)–C–C–N with tert-alkyl or cyclic N) is 1. The van der Waals surface area contributed by atoms with Crippen molar-refractivity contribution < 1.29 is 19.4 Å². The summed E-state index contributed by atoms with van der Waals surface area (Å²) in [5.41, 5.74) is -0.923. The number of aliphatic hydroxyl groups is 1. The third-order valence-electron chi connectivity index (χ3n) is 4.21. The van der Waals surface area contributed by atoms with E-state index in [-0.39, 0.29) is 30.3 Å². The van der Waals surface area contributed by atoms with Crippen molar-refractivity contribution >= 4 is 12.0 Å². The quantitative estimate of drug-likeness (QED) is 0.773. The average Bonchev–Trinajstić information content (AvgIpc) is 2.83. The molecule has 1 aliphatic heterocycles. The Balaban J connectivity index is 2.03. The number of hydrogen-bond acceptors (Lipinski definition) is 4. The van der Waals surface area contributed by atoms with Gasteiger partial charge in [0, 0.05) is 17.9 Å². The highest BCUT2D eigenvalue weighted by atomic mass is 16.6. The van der Waals surface area contributed by atoms with Crippen molar-refractivity contribution in [2.45, 2.75) is 63.8 Å². The number of rotatable bonds is 3. The zero-order valence-electron chi connectivity index (χ0n) is 13.8. The first-order valence-corrected chi connectivity index (χ1v) is 7.68. The van der Waals surface area contributed by atoms with Crippen LogP contribution in [0.5, 0.6) is 0 Å². The fourth-order valence-corrected chi connectivity index (χ4v) is 2.83. The van der Waals surface area contributed by atoms with Crippen molar-refractivity contribution in [1.29, 1.82) is 0 Å². The number of nitrogens with zero attached hydrogens (tertiary/aromatic N) is 1. The van der Waals surface area contributed by atoms with Crippen LogP contribution in [-0.2, 0) is 9.53 Å². The van der Waals surface area contributed by atoms with Crippen LogP contribution in [0.4, 0.5) is 4.79 Å². The van der Waals surface area contributed by atoms with Crippen molar-refractivity contribution in [1.82, 2.24) is 10.2 Å². The number of likely N-dealkylation sites (tertiary alicyclic amines) is 1. The Morgan fingerprint density at radius 1 is 1.45 bits per heavy atom. The molecule has 2 N–H and O–H groups in total. The molecule has 2 rings (SSSR count). The summed E-state index contributed by atoms with van der Waals surface area (Å²) in [6, 6.07) is -0.687. The van der Waals surface area contributed by atoms with Crippen LogP contribution in [-0.4, -0.2) is 51.8 Å². The molecule has 124 valence electrons. The summed E-state index contributed by atoms with van der Waals surface area (Å²) in [7, 11) is 0. The van der Waals surface area contributed by atoms with Gasteiger partial charge in [0.25, 0.3) is 0 Å². The molecule has 6 nitrogen and oxygen atoms in total. The molecule has 2 aliphatic rings. The first-order valence-electron chi connectivity index (χ1n) is 7.68. The van der Waals surface area contributed by atoms with Gasteiger partial charge in [-0.25, -0.2) is 4.79 Å². The minimum Gasteiger partial charge on any atom is -0.444 e. The Labute approximate surface area is 131 Å². The maximum Gasteiger partial charge on any atom is 0.411 e. The zero-order valence-corrected chi connectivity index (χ0v) is 13.8. The predicted octanol–water partition coefficient (Wildman–Crippen LogP) is 1.44. The van der Waals surface area contributed by atoms with Crippen LogP contribution < -0.4 is 5.32 Å². The van der Waals surface area contributed by atoms with Crippen molar-refractivity contribution in [2.75, 3.05) is 6.54 Å². The van der Waals surface area contributed by atoms with Gasteiger partial charge in [-0.05, 0) is 34.1 Å². The molecule has 4 atom stereocenters.